The number of imide groups is 1. The van der Waals surface area contributed by atoms with Crippen molar-refractivity contribution in [1.29, 1.82) is 0 Å². The van der Waals surface area contributed by atoms with Crippen LogP contribution in [0.5, 0.6) is 5.75 Å². The number of carbonyl (C=O) groups is 3. The number of urea groups is 1. The number of methoxy groups -OCH3 is 1. The Labute approximate surface area is 146 Å². The highest BCUT2D eigenvalue weighted by Crippen LogP contribution is 2.30. The van der Waals surface area contributed by atoms with E-state index in [4.69, 9.17) is 4.74 Å². The van der Waals surface area contributed by atoms with Gasteiger partial charge in [-0.3, -0.25) is 14.5 Å². The van der Waals surface area contributed by atoms with Gasteiger partial charge in [0.15, 0.2) is 0 Å². The third-order valence-corrected chi connectivity index (χ3v) is 4.96. The maximum Gasteiger partial charge on any atom is 0.325 e. The number of nitrogens with one attached hydrogen (secondary N) is 2. The molecule has 134 valence electrons. The first kappa shape index (κ1) is 17.3. The van der Waals surface area contributed by atoms with Gasteiger partial charge in [-0.1, -0.05) is 25.0 Å². The number of carbonyl (C=O) groups excluding carboxylic acids is 3. The third-order valence-electron chi connectivity index (χ3n) is 4.96. The zero-order chi connectivity index (χ0) is 18.0. The van der Waals surface area contributed by atoms with Crippen LogP contribution in [-0.4, -0.2) is 42.4 Å². The van der Waals surface area contributed by atoms with Crippen molar-refractivity contribution in [1.82, 2.24) is 15.5 Å². The van der Waals surface area contributed by atoms with E-state index in [1.807, 2.05) is 0 Å². The van der Waals surface area contributed by atoms with Gasteiger partial charge in [-0.05, 0) is 37.5 Å². The normalized spacial score (nSPS) is 23.7. The van der Waals surface area contributed by atoms with Gasteiger partial charge in [0.1, 0.15) is 17.8 Å². The zero-order valence-electron chi connectivity index (χ0n) is 14.5. The number of ether oxygens (including phenoxy) is 1. The van der Waals surface area contributed by atoms with Gasteiger partial charge in [-0.15, -0.1) is 0 Å². The first-order valence-electron chi connectivity index (χ1n) is 8.52. The Hall–Kier alpha value is -2.57. The van der Waals surface area contributed by atoms with Gasteiger partial charge in [0.25, 0.3) is 5.91 Å². The highest BCUT2D eigenvalue weighted by atomic mass is 16.5. The summed E-state index contributed by atoms with van der Waals surface area (Å²) in [6, 6.07) is 6.54. The molecule has 0 aromatic heterocycles. The first-order valence-corrected chi connectivity index (χ1v) is 8.52. The fraction of sp³-hybridized carbons (Fsp3) is 0.500. The molecule has 1 aliphatic carbocycles. The van der Waals surface area contributed by atoms with Gasteiger partial charge in [0, 0.05) is 6.04 Å². The van der Waals surface area contributed by atoms with Crippen molar-refractivity contribution < 1.29 is 19.1 Å². The van der Waals surface area contributed by atoms with Crippen molar-refractivity contribution in [2.24, 2.45) is 0 Å². The molecule has 1 heterocycles. The Morgan fingerprint density at radius 1 is 1.28 bits per heavy atom. The number of amides is 4. The fourth-order valence-corrected chi connectivity index (χ4v) is 3.45. The summed E-state index contributed by atoms with van der Waals surface area (Å²) in [5.41, 5.74) is -0.540. The molecule has 2 fully saturated rings. The van der Waals surface area contributed by atoms with Crippen LogP contribution in [-0.2, 0) is 15.1 Å². The molecule has 1 saturated heterocycles. The Bertz CT molecular complexity index is 682. The van der Waals surface area contributed by atoms with E-state index in [0.717, 1.165) is 30.6 Å². The first-order chi connectivity index (χ1) is 11.9. The molecule has 0 radical (unpaired) electrons. The van der Waals surface area contributed by atoms with Gasteiger partial charge in [0.05, 0.1) is 7.11 Å². The van der Waals surface area contributed by atoms with Crippen LogP contribution in [0, 0.1) is 0 Å². The average Bonchev–Trinajstić information content (AvgIpc) is 3.18. The molecule has 0 bridgehead atoms. The lowest BCUT2D eigenvalue weighted by Gasteiger charge is -2.22. The maximum absolute atomic E-state index is 12.8. The largest absolute Gasteiger partial charge is 0.497 e. The van der Waals surface area contributed by atoms with Crippen LogP contribution in [0.4, 0.5) is 4.79 Å². The summed E-state index contributed by atoms with van der Waals surface area (Å²) in [5.74, 6) is -0.0597. The van der Waals surface area contributed by atoms with E-state index in [2.05, 4.69) is 10.6 Å². The second kappa shape index (κ2) is 6.74. The summed E-state index contributed by atoms with van der Waals surface area (Å²) in [4.78, 5) is 38.2. The molecule has 1 atom stereocenters. The van der Waals surface area contributed by atoms with Crippen LogP contribution in [0.2, 0.25) is 0 Å². The average molecular weight is 345 g/mol. The monoisotopic (exact) mass is 345 g/mol. The summed E-state index contributed by atoms with van der Waals surface area (Å²) in [6.45, 7) is 1.39. The van der Waals surface area contributed by atoms with Gasteiger partial charge in [-0.25, -0.2) is 4.79 Å². The molecule has 0 spiro atoms. The molecule has 4 amide bonds. The van der Waals surface area contributed by atoms with E-state index < -0.39 is 17.5 Å². The van der Waals surface area contributed by atoms with Crippen molar-refractivity contribution in [3.05, 3.63) is 29.8 Å². The fourth-order valence-electron chi connectivity index (χ4n) is 3.45. The second-order valence-electron chi connectivity index (χ2n) is 6.72. The van der Waals surface area contributed by atoms with Gasteiger partial charge in [-0.2, -0.15) is 0 Å². The second-order valence-corrected chi connectivity index (χ2v) is 6.72. The van der Waals surface area contributed by atoms with E-state index in [0.29, 0.717) is 11.3 Å². The highest BCUT2D eigenvalue weighted by Gasteiger charge is 2.49. The van der Waals surface area contributed by atoms with E-state index in [9.17, 15) is 14.4 Å². The third kappa shape index (κ3) is 3.31. The number of rotatable bonds is 5. The van der Waals surface area contributed by atoms with Crippen LogP contribution in [0.1, 0.15) is 38.2 Å². The van der Waals surface area contributed by atoms with Crippen molar-refractivity contribution in [2.45, 2.75) is 44.2 Å². The summed E-state index contributed by atoms with van der Waals surface area (Å²) in [6.07, 6.45) is 4.11. The van der Waals surface area contributed by atoms with E-state index in [1.165, 1.54) is 0 Å². The van der Waals surface area contributed by atoms with E-state index >= 15 is 0 Å². The Balaban J connectivity index is 1.71. The summed E-state index contributed by atoms with van der Waals surface area (Å²) in [5, 5.41) is 5.60. The SMILES string of the molecule is COc1ccc(C2(C)NC(=O)N(CC(=O)NC3CCCC3)C2=O)cc1. The molecule has 1 aliphatic heterocycles. The molecule has 7 nitrogen and oxygen atoms in total. The lowest BCUT2D eigenvalue weighted by atomic mass is 9.92. The lowest BCUT2D eigenvalue weighted by molar-refractivity contribution is -0.135. The van der Waals surface area contributed by atoms with Gasteiger partial charge in [0.2, 0.25) is 5.91 Å². The zero-order valence-corrected chi connectivity index (χ0v) is 14.5. The highest BCUT2D eigenvalue weighted by molar-refractivity contribution is 6.09. The molecule has 2 N–H and O–H groups in total. The molecule has 25 heavy (non-hydrogen) atoms. The van der Waals surface area contributed by atoms with Crippen molar-refractivity contribution >= 4 is 17.8 Å². The minimum absolute atomic E-state index is 0.154. The molecule has 2 aliphatic rings. The van der Waals surface area contributed by atoms with Crippen LogP contribution in [0.15, 0.2) is 24.3 Å². The van der Waals surface area contributed by atoms with E-state index in [-0.39, 0.29) is 18.5 Å². The topological polar surface area (TPSA) is 87.7 Å². The summed E-state index contributed by atoms with van der Waals surface area (Å²) >= 11 is 0. The summed E-state index contributed by atoms with van der Waals surface area (Å²) < 4.78 is 5.11. The molecule has 1 aromatic rings. The maximum atomic E-state index is 12.8. The van der Waals surface area contributed by atoms with Crippen molar-refractivity contribution in [3.8, 4) is 5.75 Å². The standard InChI is InChI=1S/C18H23N3O4/c1-18(12-7-9-14(25-2)10-8-12)16(23)21(17(24)20-18)11-15(22)19-13-5-3-4-6-13/h7-10,13H,3-6,11H2,1-2H3,(H,19,22)(H,20,24). The van der Waals surface area contributed by atoms with Gasteiger partial charge >= 0.3 is 6.03 Å². The van der Waals surface area contributed by atoms with Crippen LogP contribution in [0.25, 0.3) is 0 Å². The predicted molar refractivity (Wildman–Crippen MR) is 91.0 cm³/mol. The number of hydrogen-bond donors (Lipinski definition) is 2. The summed E-state index contributed by atoms with van der Waals surface area (Å²) in [7, 11) is 1.56. The molecular formula is C18H23N3O4. The van der Waals surface area contributed by atoms with Crippen LogP contribution < -0.4 is 15.4 Å². The Kier molecular flexibility index (Phi) is 4.65. The number of nitrogens with zero attached hydrogens (tertiary/aromatic N) is 1. The molecular weight excluding hydrogens is 322 g/mol. The van der Waals surface area contributed by atoms with Crippen molar-refractivity contribution in [2.75, 3.05) is 13.7 Å². The minimum atomic E-state index is -1.18. The van der Waals surface area contributed by atoms with Gasteiger partial charge < -0.3 is 15.4 Å². The Morgan fingerprint density at radius 3 is 2.52 bits per heavy atom. The van der Waals surface area contributed by atoms with Crippen LogP contribution in [0.3, 0.4) is 0 Å². The van der Waals surface area contributed by atoms with Crippen LogP contribution >= 0.6 is 0 Å². The minimum Gasteiger partial charge on any atom is -0.497 e. The smallest absolute Gasteiger partial charge is 0.325 e. The van der Waals surface area contributed by atoms with E-state index in [1.54, 1.807) is 38.3 Å². The predicted octanol–water partition coefficient (Wildman–Crippen LogP) is 1.52. The number of hydrogen-bond acceptors (Lipinski definition) is 4. The Morgan fingerprint density at radius 2 is 1.92 bits per heavy atom. The quantitative estimate of drug-likeness (QED) is 0.792. The molecule has 1 saturated carbocycles. The lowest BCUT2D eigenvalue weighted by Crippen LogP contribution is -2.45. The number of benzene rings is 1. The molecule has 3 rings (SSSR count). The molecule has 1 aromatic carbocycles. The molecule has 1 unspecified atom stereocenters. The van der Waals surface area contributed by atoms with Crippen molar-refractivity contribution in [3.63, 3.8) is 0 Å². The molecule has 7 heteroatoms.